The van der Waals surface area contributed by atoms with Gasteiger partial charge in [0.25, 0.3) is 5.91 Å². The first kappa shape index (κ1) is 24.1. The average molecular weight is 481 g/mol. The van der Waals surface area contributed by atoms with Gasteiger partial charge in [-0.25, -0.2) is 0 Å². The van der Waals surface area contributed by atoms with Crippen LogP contribution in [0.1, 0.15) is 55.8 Å². The summed E-state index contributed by atoms with van der Waals surface area (Å²) in [4.78, 5) is 41.4. The summed E-state index contributed by atoms with van der Waals surface area (Å²) in [6.45, 7) is 4.13. The van der Waals surface area contributed by atoms with Gasteiger partial charge in [0, 0.05) is 47.1 Å². The van der Waals surface area contributed by atoms with Gasteiger partial charge < -0.3 is 20.9 Å². The average Bonchev–Trinajstić information content (AvgIpc) is 3.31. The Morgan fingerprint density at radius 1 is 1.15 bits per heavy atom. The summed E-state index contributed by atoms with van der Waals surface area (Å²) < 4.78 is 0. The maximum Gasteiger partial charge on any atom is 0.252 e. The van der Waals surface area contributed by atoms with Gasteiger partial charge in [0.05, 0.1) is 5.69 Å². The Morgan fingerprint density at radius 2 is 1.97 bits per heavy atom. The molecule has 2 aromatic rings. The summed E-state index contributed by atoms with van der Waals surface area (Å²) in [5, 5.41) is 8.77. The fourth-order valence-electron chi connectivity index (χ4n) is 4.26. The molecule has 1 unspecified atom stereocenters. The molecule has 0 aromatic heterocycles. The van der Waals surface area contributed by atoms with Crippen LogP contribution in [-0.2, 0) is 9.59 Å². The number of nitrogens with zero attached hydrogens (tertiary/aromatic N) is 1. The lowest BCUT2D eigenvalue weighted by Gasteiger charge is -2.21. The van der Waals surface area contributed by atoms with Gasteiger partial charge in [0.2, 0.25) is 11.8 Å². The number of hydrogen-bond acceptors (Lipinski definition) is 5. The van der Waals surface area contributed by atoms with Crippen molar-refractivity contribution < 1.29 is 14.4 Å². The van der Waals surface area contributed by atoms with Gasteiger partial charge in [-0.2, -0.15) is 0 Å². The van der Waals surface area contributed by atoms with Crippen molar-refractivity contribution in [2.45, 2.75) is 56.4 Å². The number of rotatable bonds is 8. The lowest BCUT2D eigenvalue weighted by atomic mass is 10.1. The van der Waals surface area contributed by atoms with Gasteiger partial charge in [0.15, 0.2) is 0 Å². The van der Waals surface area contributed by atoms with Crippen LogP contribution >= 0.6 is 11.8 Å². The number of hydrogen-bond donors (Lipinski definition) is 3. The molecule has 0 aliphatic carbocycles. The van der Waals surface area contributed by atoms with E-state index in [9.17, 15) is 14.4 Å². The lowest BCUT2D eigenvalue weighted by molar-refractivity contribution is -0.118. The number of carbonyl (C=O) groups is 3. The highest BCUT2D eigenvalue weighted by Gasteiger charge is 2.23. The molecule has 180 valence electrons. The van der Waals surface area contributed by atoms with Crippen molar-refractivity contribution in [1.29, 1.82) is 0 Å². The topological polar surface area (TPSA) is 90.5 Å². The molecule has 1 atom stereocenters. The normalized spacial score (nSPS) is 16.3. The number of unbranched alkanes of at least 4 members (excludes halogenated alkanes) is 1. The van der Waals surface area contributed by atoms with Gasteiger partial charge in [0.1, 0.15) is 6.04 Å². The third-order valence-corrected chi connectivity index (χ3v) is 7.23. The molecule has 8 heteroatoms. The Bertz CT molecular complexity index is 1050. The molecular weight excluding hydrogens is 448 g/mol. The first-order chi connectivity index (χ1) is 16.5. The summed E-state index contributed by atoms with van der Waals surface area (Å²) in [5.41, 5.74) is 2.91. The van der Waals surface area contributed by atoms with Crippen LogP contribution in [0.3, 0.4) is 0 Å². The molecule has 0 radical (unpaired) electrons. The first-order valence-electron chi connectivity index (χ1n) is 12.1. The zero-order valence-electron chi connectivity index (χ0n) is 19.6. The van der Waals surface area contributed by atoms with Gasteiger partial charge in [-0.1, -0.05) is 25.8 Å². The highest BCUT2D eigenvalue weighted by molar-refractivity contribution is 7.99. The van der Waals surface area contributed by atoms with E-state index in [1.807, 2.05) is 24.3 Å². The summed E-state index contributed by atoms with van der Waals surface area (Å²) in [7, 11) is 0. The van der Waals surface area contributed by atoms with E-state index in [2.05, 4.69) is 33.8 Å². The SMILES string of the molecule is CCCCC(NC(=O)c1ccc2c(c1)NC(=O)CCS2)C(=O)Nc1cccc(N2CCCC2)c1. The van der Waals surface area contributed by atoms with Crippen LogP contribution < -0.4 is 20.9 Å². The summed E-state index contributed by atoms with van der Waals surface area (Å²) in [5.74, 6) is 0.107. The number of anilines is 3. The van der Waals surface area contributed by atoms with Crippen molar-refractivity contribution >= 4 is 46.5 Å². The molecule has 3 amide bonds. The molecule has 2 aliphatic rings. The van der Waals surface area contributed by atoms with Gasteiger partial charge >= 0.3 is 0 Å². The molecule has 1 saturated heterocycles. The van der Waals surface area contributed by atoms with Crippen molar-refractivity contribution in [3.8, 4) is 0 Å². The second kappa shape index (κ2) is 11.4. The van der Waals surface area contributed by atoms with Gasteiger partial charge in [-0.3, -0.25) is 14.4 Å². The minimum Gasteiger partial charge on any atom is -0.371 e. The van der Waals surface area contributed by atoms with E-state index in [0.29, 0.717) is 29.8 Å². The highest BCUT2D eigenvalue weighted by atomic mass is 32.2. The first-order valence-corrected chi connectivity index (χ1v) is 13.1. The van der Waals surface area contributed by atoms with Crippen molar-refractivity contribution in [2.75, 3.05) is 34.4 Å². The van der Waals surface area contributed by atoms with Gasteiger partial charge in [-0.05, 0) is 55.7 Å². The Morgan fingerprint density at radius 3 is 2.76 bits per heavy atom. The molecule has 0 spiro atoms. The second-order valence-corrected chi connectivity index (χ2v) is 9.90. The number of nitrogens with one attached hydrogen (secondary N) is 3. The molecule has 4 rings (SSSR count). The predicted octanol–water partition coefficient (Wildman–Crippen LogP) is 4.65. The molecule has 1 fully saturated rings. The van der Waals surface area contributed by atoms with Crippen LogP contribution in [0.25, 0.3) is 0 Å². The Balaban J connectivity index is 1.45. The van der Waals surface area contributed by atoms with E-state index >= 15 is 0 Å². The molecule has 7 nitrogen and oxygen atoms in total. The fourth-order valence-corrected chi connectivity index (χ4v) is 5.20. The number of carbonyl (C=O) groups excluding carboxylic acids is 3. The van der Waals surface area contributed by atoms with E-state index in [1.165, 1.54) is 12.8 Å². The van der Waals surface area contributed by atoms with Crippen LogP contribution in [0, 0.1) is 0 Å². The Kier molecular flexibility index (Phi) is 8.11. The van der Waals surface area contributed by atoms with E-state index in [0.717, 1.165) is 42.2 Å². The lowest BCUT2D eigenvalue weighted by Crippen LogP contribution is -2.43. The van der Waals surface area contributed by atoms with Crippen LogP contribution in [-0.4, -0.2) is 42.6 Å². The zero-order chi connectivity index (χ0) is 23.9. The Hall–Kier alpha value is -3.00. The third kappa shape index (κ3) is 6.11. The second-order valence-electron chi connectivity index (χ2n) is 8.76. The summed E-state index contributed by atoms with van der Waals surface area (Å²) >= 11 is 1.59. The maximum absolute atomic E-state index is 13.1. The molecule has 34 heavy (non-hydrogen) atoms. The summed E-state index contributed by atoms with van der Waals surface area (Å²) in [6.07, 6.45) is 5.12. The highest BCUT2D eigenvalue weighted by Crippen LogP contribution is 2.31. The van der Waals surface area contributed by atoms with Crippen LogP contribution in [0.4, 0.5) is 17.1 Å². The minimum atomic E-state index is -0.648. The van der Waals surface area contributed by atoms with E-state index in [1.54, 1.807) is 23.9 Å². The zero-order valence-corrected chi connectivity index (χ0v) is 20.4. The molecule has 0 bridgehead atoms. The fraction of sp³-hybridized carbons (Fsp3) is 0.423. The third-order valence-electron chi connectivity index (χ3n) is 6.16. The quantitative estimate of drug-likeness (QED) is 0.512. The van der Waals surface area contributed by atoms with E-state index in [-0.39, 0.29) is 17.7 Å². The predicted molar refractivity (Wildman–Crippen MR) is 138 cm³/mol. The molecule has 2 aromatic carbocycles. The standard InChI is InChI=1S/C26H32N4O3S/c1-2-3-9-21(26(33)27-19-7-6-8-20(17-19)30-13-4-5-14-30)29-25(32)18-10-11-23-22(16-18)28-24(31)12-15-34-23/h6-8,10-11,16-17,21H,2-5,9,12-15H2,1H3,(H,27,33)(H,28,31)(H,29,32). The maximum atomic E-state index is 13.1. The largest absolute Gasteiger partial charge is 0.371 e. The molecule has 2 heterocycles. The molecule has 3 N–H and O–H groups in total. The molecular formula is C26H32N4O3S. The monoisotopic (exact) mass is 480 g/mol. The number of thioether (sulfide) groups is 1. The number of amides is 3. The van der Waals surface area contributed by atoms with E-state index < -0.39 is 6.04 Å². The minimum absolute atomic E-state index is 0.0554. The summed E-state index contributed by atoms with van der Waals surface area (Å²) in [6, 6.07) is 12.5. The van der Waals surface area contributed by atoms with Crippen molar-refractivity contribution in [1.82, 2.24) is 5.32 Å². The van der Waals surface area contributed by atoms with Crippen molar-refractivity contribution in [3.63, 3.8) is 0 Å². The van der Waals surface area contributed by atoms with Crippen LogP contribution in [0.5, 0.6) is 0 Å². The Labute approximate surface area is 205 Å². The van der Waals surface area contributed by atoms with Crippen molar-refractivity contribution in [2.24, 2.45) is 0 Å². The number of benzene rings is 2. The van der Waals surface area contributed by atoms with Crippen LogP contribution in [0.15, 0.2) is 47.4 Å². The van der Waals surface area contributed by atoms with E-state index in [4.69, 9.17) is 0 Å². The number of fused-ring (bicyclic) bond motifs is 1. The van der Waals surface area contributed by atoms with Crippen molar-refractivity contribution in [3.05, 3.63) is 48.0 Å². The molecule has 0 saturated carbocycles. The molecule has 2 aliphatic heterocycles. The smallest absolute Gasteiger partial charge is 0.252 e. The van der Waals surface area contributed by atoms with Crippen LogP contribution in [0.2, 0.25) is 0 Å². The van der Waals surface area contributed by atoms with Gasteiger partial charge in [-0.15, -0.1) is 11.8 Å².